The van der Waals surface area contributed by atoms with E-state index in [0.29, 0.717) is 11.3 Å². The van der Waals surface area contributed by atoms with E-state index in [4.69, 9.17) is 4.74 Å². The summed E-state index contributed by atoms with van der Waals surface area (Å²) in [6, 6.07) is 12.7. The van der Waals surface area contributed by atoms with Crippen molar-refractivity contribution in [3.63, 3.8) is 0 Å². The molecule has 0 bridgehead atoms. The van der Waals surface area contributed by atoms with Gasteiger partial charge in [-0.2, -0.15) is 0 Å². The van der Waals surface area contributed by atoms with E-state index in [2.05, 4.69) is 4.72 Å². The third-order valence-corrected chi connectivity index (χ3v) is 5.31. The zero-order valence-corrected chi connectivity index (χ0v) is 15.0. The zero-order chi connectivity index (χ0) is 18.7. The summed E-state index contributed by atoms with van der Waals surface area (Å²) in [5.74, 6) is -0.691. The Bertz CT molecular complexity index is 900. The third kappa shape index (κ3) is 4.59. The molecule has 8 heteroatoms. The van der Waals surface area contributed by atoms with Crippen molar-refractivity contribution < 1.29 is 22.3 Å². The summed E-state index contributed by atoms with van der Waals surface area (Å²) in [4.78, 5) is 13.5. The summed E-state index contributed by atoms with van der Waals surface area (Å²) >= 11 is 0. The molecule has 6 nitrogen and oxygen atoms in total. The lowest BCUT2D eigenvalue weighted by atomic mass is 10.2. The van der Waals surface area contributed by atoms with Crippen LogP contribution in [0.1, 0.15) is 11.1 Å². The largest absolute Gasteiger partial charge is 0.443 e. The average molecular weight is 378 g/mol. The van der Waals surface area contributed by atoms with Crippen molar-refractivity contribution in [1.82, 2.24) is 4.72 Å². The van der Waals surface area contributed by atoms with Crippen LogP contribution in [0.3, 0.4) is 0 Å². The fourth-order valence-electron chi connectivity index (χ4n) is 2.71. The second-order valence-electron chi connectivity index (χ2n) is 6.19. The maximum atomic E-state index is 12.9. The van der Waals surface area contributed by atoms with Crippen LogP contribution in [-0.4, -0.2) is 33.7 Å². The summed E-state index contributed by atoms with van der Waals surface area (Å²) in [5, 5.41) is 0. The highest BCUT2D eigenvalue weighted by Gasteiger charge is 2.33. The number of ether oxygens (including phenoxy) is 1. The first-order valence-corrected chi connectivity index (χ1v) is 9.74. The normalized spacial score (nSPS) is 17.4. The summed E-state index contributed by atoms with van der Waals surface area (Å²) < 4.78 is 44.9. The number of hydrogen-bond acceptors (Lipinski definition) is 4. The molecule has 2 aromatic rings. The minimum atomic E-state index is -3.62. The Labute approximate surface area is 151 Å². The number of cyclic esters (lactones) is 1. The molecule has 26 heavy (non-hydrogen) atoms. The van der Waals surface area contributed by atoms with Crippen molar-refractivity contribution in [2.24, 2.45) is 0 Å². The summed E-state index contributed by atoms with van der Waals surface area (Å²) in [6.07, 6.45) is -1.08. The number of carbonyl (C=O) groups excluding carboxylic acids is 1. The van der Waals surface area contributed by atoms with Crippen LogP contribution in [0.2, 0.25) is 0 Å². The molecule has 1 heterocycles. The Morgan fingerprint density at radius 3 is 2.65 bits per heavy atom. The fraction of sp³-hybridized carbons (Fsp3) is 0.278. The molecule has 0 aromatic heterocycles. The van der Waals surface area contributed by atoms with Crippen molar-refractivity contribution in [1.29, 1.82) is 0 Å². The first kappa shape index (κ1) is 18.3. The molecule has 1 saturated heterocycles. The molecule has 1 atom stereocenters. The molecule has 3 rings (SSSR count). The van der Waals surface area contributed by atoms with E-state index >= 15 is 0 Å². The van der Waals surface area contributed by atoms with Crippen LogP contribution in [-0.2, 0) is 20.5 Å². The van der Waals surface area contributed by atoms with E-state index in [0.717, 1.165) is 5.56 Å². The Kier molecular flexibility index (Phi) is 5.24. The summed E-state index contributed by atoms with van der Waals surface area (Å²) in [7, 11) is -3.62. The molecule has 2 aromatic carbocycles. The Hall–Kier alpha value is -2.45. The van der Waals surface area contributed by atoms with E-state index in [-0.39, 0.29) is 18.8 Å². The van der Waals surface area contributed by atoms with Crippen LogP contribution in [0.25, 0.3) is 0 Å². The van der Waals surface area contributed by atoms with Crippen LogP contribution < -0.4 is 9.62 Å². The van der Waals surface area contributed by atoms with E-state index in [9.17, 15) is 17.6 Å². The predicted octanol–water partition coefficient (Wildman–Crippen LogP) is 2.58. The molecular formula is C18H19FN2O4S. The molecule has 1 aliphatic heterocycles. The number of nitrogens with zero attached hydrogens (tertiary/aromatic N) is 1. The molecule has 1 fully saturated rings. The highest BCUT2D eigenvalue weighted by atomic mass is 32.2. The van der Waals surface area contributed by atoms with Gasteiger partial charge in [0.1, 0.15) is 11.9 Å². The number of anilines is 1. The fourth-order valence-corrected chi connectivity index (χ4v) is 3.88. The monoisotopic (exact) mass is 378 g/mol. The van der Waals surface area contributed by atoms with Crippen molar-refractivity contribution in [3.05, 3.63) is 65.5 Å². The number of hydrogen-bond donors (Lipinski definition) is 1. The molecule has 0 radical (unpaired) electrons. The van der Waals surface area contributed by atoms with Gasteiger partial charge in [-0.05, 0) is 42.3 Å². The van der Waals surface area contributed by atoms with Crippen LogP contribution >= 0.6 is 0 Å². The Balaban J connectivity index is 1.58. The van der Waals surface area contributed by atoms with E-state index < -0.39 is 28.0 Å². The lowest BCUT2D eigenvalue weighted by Crippen LogP contribution is -2.35. The second-order valence-corrected chi connectivity index (χ2v) is 8.00. The topological polar surface area (TPSA) is 75.7 Å². The van der Waals surface area contributed by atoms with Gasteiger partial charge in [-0.3, -0.25) is 4.90 Å². The minimum Gasteiger partial charge on any atom is -0.443 e. The molecule has 138 valence electrons. The molecule has 0 saturated carbocycles. The first-order chi connectivity index (χ1) is 12.3. The van der Waals surface area contributed by atoms with E-state index in [1.54, 1.807) is 6.07 Å². The number of nitrogens with one attached hydrogen (secondary N) is 1. The van der Waals surface area contributed by atoms with Crippen LogP contribution in [0, 0.1) is 12.7 Å². The molecular weight excluding hydrogens is 359 g/mol. The number of benzene rings is 2. The van der Waals surface area contributed by atoms with Crippen molar-refractivity contribution in [3.8, 4) is 0 Å². The lowest BCUT2D eigenvalue weighted by molar-refractivity contribution is 0.143. The van der Waals surface area contributed by atoms with Gasteiger partial charge in [0.15, 0.2) is 0 Å². The lowest BCUT2D eigenvalue weighted by Gasteiger charge is -2.13. The molecule has 1 N–H and O–H groups in total. The zero-order valence-electron chi connectivity index (χ0n) is 14.2. The van der Waals surface area contributed by atoms with E-state index in [1.165, 1.54) is 29.2 Å². The minimum absolute atomic E-state index is 0.0163. The van der Waals surface area contributed by atoms with Gasteiger partial charge in [-0.1, -0.05) is 24.3 Å². The molecule has 0 spiro atoms. The van der Waals surface area contributed by atoms with Gasteiger partial charge >= 0.3 is 6.09 Å². The second kappa shape index (κ2) is 7.43. The van der Waals surface area contributed by atoms with Crippen LogP contribution in [0.5, 0.6) is 0 Å². The number of aryl methyl sites for hydroxylation is 1. The number of amides is 1. The maximum Gasteiger partial charge on any atom is 0.414 e. The first-order valence-electron chi connectivity index (χ1n) is 8.09. The van der Waals surface area contributed by atoms with Gasteiger partial charge in [0.25, 0.3) is 0 Å². The van der Waals surface area contributed by atoms with Crippen molar-refractivity contribution >= 4 is 21.8 Å². The average Bonchev–Trinajstić information content (AvgIpc) is 2.96. The molecule has 0 aliphatic carbocycles. The van der Waals surface area contributed by atoms with Gasteiger partial charge < -0.3 is 4.74 Å². The maximum absolute atomic E-state index is 12.9. The third-order valence-electron chi connectivity index (χ3n) is 3.99. The predicted molar refractivity (Wildman–Crippen MR) is 95.8 cm³/mol. The number of sulfonamides is 1. The van der Waals surface area contributed by atoms with Crippen LogP contribution in [0.4, 0.5) is 14.9 Å². The van der Waals surface area contributed by atoms with Gasteiger partial charge in [-0.25, -0.2) is 22.3 Å². The van der Waals surface area contributed by atoms with Crippen molar-refractivity contribution in [2.75, 3.05) is 18.0 Å². The van der Waals surface area contributed by atoms with E-state index in [1.807, 2.05) is 25.1 Å². The Morgan fingerprint density at radius 2 is 1.96 bits per heavy atom. The highest BCUT2D eigenvalue weighted by Crippen LogP contribution is 2.22. The Morgan fingerprint density at radius 1 is 1.23 bits per heavy atom. The molecule has 1 amide bonds. The van der Waals surface area contributed by atoms with Gasteiger partial charge in [0, 0.05) is 12.2 Å². The summed E-state index contributed by atoms with van der Waals surface area (Å²) in [5.41, 5.74) is 2.20. The number of carbonyl (C=O) groups is 1. The van der Waals surface area contributed by atoms with Gasteiger partial charge in [-0.15, -0.1) is 0 Å². The smallest absolute Gasteiger partial charge is 0.414 e. The highest BCUT2D eigenvalue weighted by molar-refractivity contribution is 7.88. The standard InChI is InChI=1S/C18H19FN2O4S/c1-13-3-2-4-16(9-13)21-11-17(25-18(21)22)10-20-26(23,24)12-14-5-7-15(19)8-6-14/h2-9,17,20H,10-12H2,1H3. The quantitative estimate of drug-likeness (QED) is 0.838. The van der Waals surface area contributed by atoms with Crippen LogP contribution in [0.15, 0.2) is 48.5 Å². The van der Waals surface area contributed by atoms with Gasteiger partial charge in [0.05, 0.1) is 12.3 Å². The van der Waals surface area contributed by atoms with Crippen molar-refractivity contribution in [2.45, 2.75) is 18.8 Å². The summed E-state index contributed by atoms with van der Waals surface area (Å²) in [6.45, 7) is 2.17. The SMILES string of the molecule is Cc1cccc(N2CC(CNS(=O)(=O)Cc3ccc(F)cc3)OC2=O)c1. The van der Waals surface area contributed by atoms with Gasteiger partial charge in [0.2, 0.25) is 10.0 Å². The molecule has 1 aliphatic rings. The number of rotatable bonds is 6. The number of halogens is 1. The molecule has 1 unspecified atom stereocenters.